The highest BCUT2D eigenvalue weighted by molar-refractivity contribution is 6.11. The lowest BCUT2D eigenvalue weighted by Gasteiger charge is -2.64. The number of piperidine rings is 1. The number of likely N-dealkylation sites (tertiary alicyclic amines) is 1. The number of carbonyl (C=O) groups excluding carboxylic acids is 4. The third-order valence-electron chi connectivity index (χ3n) is 16.4. The number of ether oxygens (including phenoxy) is 7. The number of fused-ring (bicyclic) bond motifs is 2. The molecule has 6 fully saturated rings. The van der Waals surface area contributed by atoms with Crippen molar-refractivity contribution in [3.63, 3.8) is 0 Å². The van der Waals surface area contributed by atoms with Crippen molar-refractivity contribution in [2.75, 3.05) is 26.8 Å². The first-order chi connectivity index (χ1) is 34.6. The van der Waals surface area contributed by atoms with Crippen molar-refractivity contribution in [1.82, 2.24) is 4.90 Å². The summed E-state index contributed by atoms with van der Waals surface area (Å²) in [5, 5.41) is 40.9. The SMILES string of the molecule is COC(=O)C(C)=CCC12OC(C)(C)C3CC(C1=O)C(N1CCCCC1)C1C(=O)c4c(OC(=O)c5ccc(O[C@@H]6O[C@H](CO)[C@@H](O)[C@H](O)[C@H]6O)cc5)c5c(c(CC=C(C)C)c4OC132)OC(C)(CCC=C(C)C)C=C5. The van der Waals surface area contributed by atoms with Gasteiger partial charge in [0.15, 0.2) is 28.5 Å². The fraction of sp³-hybridized carbons (Fsp3) is 0.579. The minimum Gasteiger partial charge on any atom is -0.482 e. The molecule has 12 atom stereocenters. The molecule has 16 heteroatoms. The molecular formula is C57H71NO15. The summed E-state index contributed by atoms with van der Waals surface area (Å²) in [6.07, 6.45) is 6.85. The lowest BCUT2D eigenvalue weighted by Crippen LogP contribution is -2.82. The molecule has 1 spiro atoms. The summed E-state index contributed by atoms with van der Waals surface area (Å²) < 4.78 is 45.1. The average molecular weight is 1010 g/mol. The number of carbonyl (C=O) groups is 4. The minimum atomic E-state index is -1.71. The van der Waals surface area contributed by atoms with Crippen molar-refractivity contribution in [3.8, 4) is 23.0 Å². The van der Waals surface area contributed by atoms with Crippen molar-refractivity contribution in [2.24, 2.45) is 17.8 Å². The number of aliphatic hydroxyl groups is 4. The number of rotatable bonds is 14. The number of methoxy groups -OCH3 is 1. The molecule has 8 aliphatic rings. The molecule has 4 bridgehead atoms. The Balaban J connectivity index is 1.22. The topological polar surface area (TPSA) is 217 Å². The van der Waals surface area contributed by atoms with Gasteiger partial charge in [-0.2, -0.15) is 0 Å². The summed E-state index contributed by atoms with van der Waals surface area (Å²) in [4.78, 5) is 62.3. The highest BCUT2D eigenvalue weighted by Crippen LogP contribution is 2.71. The first-order valence-electron chi connectivity index (χ1n) is 25.8. The number of esters is 2. The summed E-state index contributed by atoms with van der Waals surface area (Å²) in [6.45, 7) is 16.3. The molecule has 16 nitrogen and oxygen atoms in total. The van der Waals surface area contributed by atoms with Gasteiger partial charge in [0.1, 0.15) is 52.8 Å². The Bertz CT molecular complexity index is 2650. The van der Waals surface area contributed by atoms with E-state index in [0.717, 1.165) is 30.4 Å². The van der Waals surface area contributed by atoms with Crippen molar-refractivity contribution in [3.05, 3.63) is 87.5 Å². The summed E-state index contributed by atoms with van der Waals surface area (Å²) in [6, 6.07) is 5.19. The Morgan fingerprint density at radius 1 is 0.877 bits per heavy atom. The second kappa shape index (κ2) is 19.8. The smallest absolute Gasteiger partial charge is 0.343 e. The molecule has 0 aromatic heterocycles. The van der Waals surface area contributed by atoms with Gasteiger partial charge in [-0.25, -0.2) is 9.59 Å². The Morgan fingerprint density at radius 3 is 2.23 bits per heavy atom. The van der Waals surface area contributed by atoms with Crippen LogP contribution in [0, 0.1) is 17.8 Å². The van der Waals surface area contributed by atoms with Crippen molar-refractivity contribution in [1.29, 1.82) is 0 Å². The Labute approximate surface area is 426 Å². The lowest BCUT2D eigenvalue weighted by atomic mass is 9.44. The number of allylic oxidation sites excluding steroid dienone is 4. The second-order valence-electron chi connectivity index (χ2n) is 22.2. The van der Waals surface area contributed by atoms with E-state index in [1.54, 1.807) is 13.0 Å². The molecule has 2 aromatic carbocycles. The first-order valence-corrected chi connectivity index (χ1v) is 25.8. The van der Waals surface area contributed by atoms with E-state index >= 15 is 9.59 Å². The van der Waals surface area contributed by atoms with Crippen LogP contribution in [0.2, 0.25) is 0 Å². The van der Waals surface area contributed by atoms with Crippen LogP contribution in [0.15, 0.2) is 65.3 Å². The molecule has 0 radical (unpaired) electrons. The zero-order valence-electron chi connectivity index (χ0n) is 43.4. The van der Waals surface area contributed by atoms with Crippen molar-refractivity contribution < 1.29 is 72.8 Å². The first kappa shape index (κ1) is 52.7. The standard InChI is InChI=1S/C57H71NO15/c1-30(2)14-13-23-55(8)24-22-36-47(71-55)35(20-15-31(3)4)49-40(48(36)70-52(66)33-16-18-34(19-17-33)68-53-46(63)45(62)43(60)38(29-59)69-53)44(61)41-42(58-26-11-10-12-27-58)37-28-39-54(6,7)73-56(50(37)64,57(39,41)72-49)25-21-32(5)51(65)67-9/h14-19,21-22,24,37-39,41-43,45-46,53,59-60,62-63H,10-13,20,23,25-29H2,1-9H3/t37?,38-,39?,41?,42?,43-,45+,46-,53-,55?,56?,57?/m1/s1. The molecular weight excluding hydrogens is 939 g/mol. The van der Waals surface area contributed by atoms with Gasteiger partial charge >= 0.3 is 11.9 Å². The summed E-state index contributed by atoms with van der Waals surface area (Å²) in [5.74, 6) is -3.31. The molecule has 5 aliphatic heterocycles. The largest absolute Gasteiger partial charge is 0.482 e. The van der Waals surface area contributed by atoms with Gasteiger partial charge in [0.25, 0.3) is 0 Å². The van der Waals surface area contributed by atoms with Crippen LogP contribution >= 0.6 is 0 Å². The molecule has 4 N–H and O–H groups in total. The number of benzene rings is 2. The van der Waals surface area contributed by atoms with E-state index in [4.69, 9.17) is 33.2 Å². The third kappa shape index (κ3) is 8.87. The predicted octanol–water partition coefficient (Wildman–Crippen LogP) is 6.56. The summed E-state index contributed by atoms with van der Waals surface area (Å²) in [7, 11) is 1.30. The molecule has 7 unspecified atom stereocenters. The quantitative estimate of drug-likeness (QED) is 0.0682. The zero-order chi connectivity index (χ0) is 52.5. The van der Waals surface area contributed by atoms with Gasteiger partial charge in [-0.3, -0.25) is 14.5 Å². The number of nitrogens with zero attached hydrogens (tertiary/aromatic N) is 1. The van der Waals surface area contributed by atoms with E-state index < -0.39 is 95.5 Å². The molecule has 2 aromatic rings. The van der Waals surface area contributed by atoms with Gasteiger partial charge in [0.2, 0.25) is 6.29 Å². The van der Waals surface area contributed by atoms with E-state index in [-0.39, 0.29) is 58.4 Å². The van der Waals surface area contributed by atoms with Gasteiger partial charge in [-0.1, -0.05) is 35.8 Å². The second-order valence-corrected chi connectivity index (χ2v) is 22.2. The monoisotopic (exact) mass is 1010 g/mol. The maximum absolute atomic E-state index is 16.6. The van der Waals surface area contributed by atoms with Crippen LogP contribution in [0.4, 0.5) is 0 Å². The minimum absolute atomic E-state index is 0.0479. The van der Waals surface area contributed by atoms with Crippen LogP contribution < -0.4 is 18.9 Å². The number of ketones is 2. The average Bonchev–Trinajstić information content (AvgIpc) is 3.50. The van der Waals surface area contributed by atoms with Crippen LogP contribution in [-0.2, 0) is 30.2 Å². The predicted molar refractivity (Wildman–Crippen MR) is 267 cm³/mol. The maximum Gasteiger partial charge on any atom is 0.343 e. The normalized spacial score (nSPS) is 33.9. The van der Waals surface area contributed by atoms with Crippen LogP contribution in [0.1, 0.15) is 132 Å². The van der Waals surface area contributed by atoms with Crippen LogP contribution in [0.3, 0.4) is 0 Å². The Kier molecular flexibility index (Phi) is 14.3. The molecule has 73 heavy (non-hydrogen) atoms. The summed E-state index contributed by atoms with van der Waals surface area (Å²) in [5.41, 5.74) is -1.57. The van der Waals surface area contributed by atoms with Gasteiger partial charge in [0.05, 0.1) is 36.4 Å². The van der Waals surface area contributed by atoms with Crippen LogP contribution in [-0.4, -0.2) is 135 Å². The molecule has 3 aliphatic carbocycles. The maximum atomic E-state index is 16.6. The number of hydrogen-bond donors (Lipinski definition) is 4. The number of hydrogen-bond acceptors (Lipinski definition) is 16. The fourth-order valence-corrected chi connectivity index (χ4v) is 12.8. The Hall–Kier alpha value is -5.20. The van der Waals surface area contributed by atoms with Crippen molar-refractivity contribution in [2.45, 2.75) is 166 Å². The van der Waals surface area contributed by atoms with Gasteiger partial charge in [-0.05, 0) is 143 Å². The molecule has 10 rings (SSSR count). The highest BCUT2D eigenvalue weighted by Gasteiger charge is 2.86. The zero-order valence-corrected chi connectivity index (χ0v) is 43.4. The number of aliphatic hydroxyl groups excluding tert-OH is 4. The van der Waals surface area contributed by atoms with Crippen LogP contribution in [0.5, 0.6) is 23.0 Å². The molecule has 3 saturated carbocycles. The molecule has 5 heterocycles. The van der Waals surface area contributed by atoms with Crippen molar-refractivity contribution >= 4 is 29.6 Å². The number of Topliss-reactive ketones (excluding diaryl/α,β-unsaturated/α-hetero) is 2. The highest BCUT2D eigenvalue weighted by atomic mass is 16.7. The molecule has 3 saturated heterocycles. The van der Waals surface area contributed by atoms with Gasteiger partial charge in [0, 0.05) is 35.4 Å². The summed E-state index contributed by atoms with van der Waals surface area (Å²) >= 11 is 0. The van der Waals surface area contributed by atoms with E-state index in [0.29, 0.717) is 49.2 Å². The Morgan fingerprint density at radius 2 is 1.58 bits per heavy atom. The fourth-order valence-electron chi connectivity index (χ4n) is 12.8. The third-order valence-corrected chi connectivity index (χ3v) is 16.4. The van der Waals surface area contributed by atoms with Gasteiger partial charge < -0.3 is 53.6 Å². The van der Waals surface area contributed by atoms with E-state index in [2.05, 4.69) is 11.0 Å². The molecule has 0 amide bonds. The van der Waals surface area contributed by atoms with Crippen LogP contribution in [0.25, 0.3) is 6.08 Å². The van der Waals surface area contributed by atoms with E-state index in [9.17, 15) is 30.0 Å². The molecule has 394 valence electrons. The van der Waals surface area contributed by atoms with Gasteiger partial charge in [-0.15, -0.1) is 0 Å². The van der Waals surface area contributed by atoms with E-state index in [1.165, 1.54) is 31.4 Å². The van der Waals surface area contributed by atoms with E-state index in [1.807, 2.05) is 66.7 Å². The lowest BCUT2D eigenvalue weighted by molar-refractivity contribution is -0.277.